The van der Waals surface area contributed by atoms with Crippen LogP contribution in [-0.4, -0.2) is 65.3 Å². The molecule has 1 unspecified atom stereocenters. The van der Waals surface area contributed by atoms with Gasteiger partial charge in [-0.3, -0.25) is 0 Å². The van der Waals surface area contributed by atoms with Gasteiger partial charge in [0.25, 0.3) is 0 Å². The number of hydrogen-bond acceptors (Lipinski definition) is 7. The van der Waals surface area contributed by atoms with Gasteiger partial charge < -0.3 is 0 Å². The van der Waals surface area contributed by atoms with Crippen LogP contribution in [0.4, 0.5) is 0 Å². The van der Waals surface area contributed by atoms with E-state index in [1.54, 1.807) is 0 Å². The number of aliphatic hydroxyl groups excluding tert-OH is 1. The number of esters is 1. The second-order valence-electron chi connectivity index (χ2n) is 7.21. The molecule has 0 saturated heterocycles. The molecule has 0 aromatic carbocycles. The van der Waals surface area contributed by atoms with Gasteiger partial charge in [-0.1, -0.05) is 45.4 Å². The van der Waals surface area contributed by atoms with E-state index >= 15 is 0 Å². The number of phosphoric acid groups is 1. The van der Waals surface area contributed by atoms with Gasteiger partial charge in [0.2, 0.25) is 0 Å². The van der Waals surface area contributed by atoms with Gasteiger partial charge in [0.05, 0.1) is 0 Å². The van der Waals surface area contributed by atoms with E-state index in [-0.39, 0.29) is 34.7 Å². The number of hydrogen-bond donors (Lipinski definition) is 1. The van der Waals surface area contributed by atoms with Gasteiger partial charge in [-0.15, -0.1) is 0 Å². The Balaban J connectivity index is 3.80. The minimum absolute atomic E-state index is 0.0326. The van der Waals surface area contributed by atoms with Gasteiger partial charge in [0.15, 0.2) is 0 Å². The second kappa shape index (κ2) is 16.0. The van der Waals surface area contributed by atoms with Crippen LogP contribution in [0, 0.1) is 0 Å². The summed E-state index contributed by atoms with van der Waals surface area (Å²) in [5.41, 5.74) is 0. The van der Waals surface area contributed by atoms with Crippen molar-refractivity contribution in [2.24, 2.45) is 0 Å². The first-order valence-electron chi connectivity index (χ1n) is 9.90. The third kappa shape index (κ3) is 17.1. The summed E-state index contributed by atoms with van der Waals surface area (Å²) in [7, 11) is -0.449. The van der Waals surface area contributed by atoms with Crippen molar-refractivity contribution in [2.75, 3.05) is 45.4 Å². The Morgan fingerprint density at radius 2 is 1.71 bits per heavy atom. The van der Waals surface area contributed by atoms with E-state index in [2.05, 4.69) is 16.4 Å². The number of halogens is 1. The molecule has 1 N–H and O–H groups in total. The Labute approximate surface area is 180 Å². The zero-order chi connectivity index (χ0) is 21.5. The van der Waals surface area contributed by atoms with E-state index in [1.807, 2.05) is 14.1 Å². The summed E-state index contributed by atoms with van der Waals surface area (Å²) in [6.07, 6.45) is 6.83. The van der Waals surface area contributed by atoms with E-state index in [0.29, 0.717) is 13.0 Å². The zero-order valence-electron chi connectivity index (χ0n) is 17.7. The number of rotatable bonds is 18. The van der Waals surface area contributed by atoms with Crippen LogP contribution < -0.4 is 26.4 Å². The standard InChI is InChI=1S/C18H39INO7P/c1-5-6-7-8-9-10-11-12-18(22)25-15-17(21)16-27-28(23,24)26-14-13-20(3,4)19-2/h17,21H,5-16H2,1-4H3,(H,23,24)/p-1/t17-/m1/s1. The van der Waals surface area contributed by atoms with E-state index in [0.717, 1.165) is 22.0 Å². The normalized spacial score (nSPS) is 15.4. The Bertz CT molecular complexity index is 465. The van der Waals surface area contributed by atoms with Gasteiger partial charge in [0.1, 0.15) is 0 Å². The maximum atomic E-state index is 11.7. The van der Waals surface area contributed by atoms with Gasteiger partial charge >= 0.3 is 129 Å². The van der Waals surface area contributed by atoms with Crippen molar-refractivity contribution in [3.8, 4) is 0 Å². The second-order valence-corrected chi connectivity index (χ2v) is 12.2. The fourth-order valence-corrected chi connectivity index (χ4v) is 3.62. The first kappa shape index (κ1) is 28.2. The number of likely N-dealkylation sites (N-methyl/N-ethyl adjacent to an activating group) is 1. The molecule has 0 fully saturated rings. The third-order valence-corrected chi connectivity index (χ3v) is 8.23. The minimum atomic E-state index is -4.47. The van der Waals surface area contributed by atoms with Crippen LogP contribution in [0.15, 0.2) is 0 Å². The number of carbonyl (C=O) groups excluding carboxylic acids is 1. The molecule has 0 aromatic rings. The fraction of sp³-hybridized carbons (Fsp3) is 0.944. The molecule has 0 amide bonds. The predicted molar refractivity (Wildman–Crippen MR) is 102 cm³/mol. The molecular formula is C18H38INO7P-. The van der Waals surface area contributed by atoms with Crippen molar-refractivity contribution >= 4 is 13.8 Å². The summed E-state index contributed by atoms with van der Waals surface area (Å²) >= 11 is -0.0925. The van der Waals surface area contributed by atoms with E-state index in [4.69, 9.17) is 9.26 Å². The first-order valence-corrected chi connectivity index (χ1v) is 14.5. The quantitative estimate of drug-likeness (QED) is 0.0612. The SMILES string of the molecule is CCCCCCCCCC(=O)OC[C@@H](O)COP(=O)([O-])OCC[N+](C)(C)[I-]C. The Morgan fingerprint density at radius 3 is 2.32 bits per heavy atom. The van der Waals surface area contributed by atoms with Crippen LogP contribution in [-0.2, 0) is 23.1 Å². The monoisotopic (exact) mass is 538 g/mol. The molecule has 0 saturated carbocycles. The fourth-order valence-electron chi connectivity index (χ4n) is 2.20. The van der Waals surface area contributed by atoms with Crippen LogP contribution in [0.5, 0.6) is 0 Å². The molecule has 0 aromatic heterocycles. The third-order valence-electron chi connectivity index (χ3n) is 4.18. The molecule has 0 aliphatic rings. The first-order chi connectivity index (χ1) is 13.1. The molecule has 170 valence electrons. The van der Waals surface area contributed by atoms with Crippen LogP contribution in [0.25, 0.3) is 0 Å². The number of nitrogens with zero attached hydrogens (tertiary/aromatic N) is 1. The van der Waals surface area contributed by atoms with Gasteiger partial charge in [-0.25, -0.2) is 0 Å². The van der Waals surface area contributed by atoms with Crippen molar-refractivity contribution in [3.63, 3.8) is 0 Å². The summed E-state index contributed by atoms with van der Waals surface area (Å²) in [6.45, 7) is 1.99. The number of phosphoric ester groups is 1. The molecule has 2 atom stereocenters. The Kier molecular flexibility index (Phi) is 16.1. The van der Waals surface area contributed by atoms with Gasteiger partial charge in [-0.2, -0.15) is 0 Å². The van der Waals surface area contributed by atoms with Gasteiger partial charge in [0, 0.05) is 0 Å². The van der Waals surface area contributed by atoms with Crippen molar-refractivity contribution in [3.05, 3.63) is 0 Å². The number of carbonyl (C=O) groups is 1. The average Bonchev–Trinajstić information content (AvgIpc) is 2.63. The molecule has 28 heavy (non-hydrogen) atoms. The molecule has 0 heterocycles. The number of unbranched alkanes of at least 4 members (excludes halogenated alkanes) is 6. The topological polar surface area (TPSA) is 105 Å². The molecule has 0 rings (SSSR count). The van der Waals surface area contributed by atoms with Crippen LogP contribution in [0.3, 0.4) is 0 Å². The van der Waals surface area contributed by atoms with E-state index < -0.39 is 26.5 Å². The molecule has 10 heteroatoms. The van der Waals surface area contributed by atoms with Crippen molar-refractivity contribution in [1.29, 1.82) is 0 Å². The summed E-state index contributed by atoms with van der Waals surface area (Å²) < 4.78 is 26.8. The van der Waals surface area contributed by atoms with Crippen LogP contribution in [0.2, 0.25) is 0 Å². The number of quaternary nitrogens is 1. The van der Waals surface area contributed by atoms with E-state index in [9.17, 15) is 19.4 Å². The molecule has 0 bridgehead atoms. The summed E-state index contributed by atoms with van der Waals surface area (Å²) in [4.78, 5) is 25.4. The maximum absolute atomic E-state index is 11.7. The molecule has 0 radical (unpaired) electrons. The van der Waals surface area contributed by atoms with Crippen molar-refractivity contribution in [1.82, 2.24) is 0 Å². The number of alkyl halides is 1. The summed E-state index contributed by atoms with van der Waals surface area (Å²) in [5.74, 6) is -0.392. The molecule has 0 spiro atoms. The Morgan fingerprint density at radius 1 is 1.11 bits per heavy atom. The van der Waals surface area contributed by atoms with E-state index in [1.165, 1.54) is 25.7 Å². The summed E-state index contributed by atoms with van der Waals surface area (Å²) in [6, 6.07) is 0. The zero-order valence-corrected chi connectivity index (χ0v) is 20.8. The molecular weight excluding hydrogens is 500 g/mol. The predicted octanol–water partition coefficient (Wildman–Crippen LogP) is -0.757. The summed E-state index contributed by atoms with van der Waals surface area (Å²) in [5, 5.41) is 9.73. The molecule has 8 nitrogen and oxygen atoms in total. The number of ether oxygens (including phenoxy) is 1. The van der Waals surface area contributed by atoms with Crippen LogP contribution >= 0.6 is 7.82 Å². The van der Waals surface area contributed by atoms with Gasteiger partial charge in [-0.05, 0) is 6.42 Å². The van der Waals surface area contributed by atoms with Crippen molar-refractivity contribution < 1.29 is 57.3 Å². The number of aliphatic hydroxyl groups is 1. The molecule has 0 aliphatic carbocycles. The molecule has 0 aliphatic heterocycles. The Hall–Kier alpha value is 0.230. The van der Waals surface area contributed by atoms with Crippen molar-refractivity contribution in [2.45, 2.75) is 64.4 Å². The van der Waals surface area contributed by atoms with Crippen LogP contribution in [0.1, 0.15) is 58.3 Å². The average molecular weight is 538 g/mol.